The SMILES string of the molecule is CC1CC(C)CC2(C1)C(N)=NC(=O)N2CC1CC1. The van der Waals surface area contributed by atoms with E-state index < -0.39 is 0 Å². The molecule has 1 aliphatic heterocycles. The fourth-order valence-electron chi connectivity index (χ4n) is 3.92. The number of nitrogens with two attached hydrogens (primary N) is 1. The molecule has 0 aromatic heterocycles. The van der Waals surface area contributed by atoms with Crippen molar-refractivity contribution in [3.8, 4) is 0 Å². The van der Waals surface area contributed by atoms with Crippen LogP contribution >= 0.6 is 0 Å². The molecule has 0 aromatic rings. The first-order valence-electron chi connectivity index (χ1n) is 7.17. The Labute approximate surface area is 109 Å². The normalized spacial score (nSPS) is 40.4. The number of carbonyl (C=O) groups excluding carboxylic acids is 1. The molecule has 1 heterocycles. The molecule has 2 aliphatic carbocycles. The number of nitrogens with zero attached hydrogens (tertiary/aromatic N) is 2. The minimum Gasteiger partial charge on any atom is -0.385 e. The molecule has 100 valence electrons. The first-order valence-corrected chi connectivity index (χ1v) is 7.17. The minimum absolute atomic E-state index is 0.0966. The highest BCUT2D eigenvalue weighted by Crippen LogP contribution is 2.44. The van der Waals surface area contributed by atoms with Crippen molar-refractivity contribution in [2.75, 3.05) is 6.54 Å². The maximum Gasteiger partial charge on any atom is 0.346 e. The van der Waals surface area contributed by atoms with Gasteiger partial charge >= 0.3 is 6.03 Å². The van der Waals surface area contributed by atoms with Crippen LogP contribution in [0.3, 0.4) is 0 Å². The molecule has 2 fully saturated rings. The van der Waals surface area contributed by atoms with Crippen LogP contribution in [0.4, 0.5) is 4.79 Å². The van der Waals surface area contributed by atoms with Gasteiger partial charge in [0.15, 0.2) is 0 Å². The van der Waals surface area contributed by atoms with E-state index in [1.807, 2.05) is 4.90 Å². The van der Waals surface area contributed by atoms with Crippen LogP contribution in [0.1, 0.15) is 46.0 Å². The lowest BCUT2D eigenvalue weighted by Gasteiger charge is -2.45. The van der Waals surface area contributed by atoms with Gasteiger partial charge in [-0.3, -0.25) is 0 Å². The van der Waals surface area contributed by atoms with E-state index in [9.17, 15) is 4.79 Å². The number of amidine groups is 1. The molecule has 2 amide bonds. The molecule has 2 atom stereocenters. The molecule has 0 radical (unpaired) electrons. The summed E-state index contributed by atoms with van der Waals surface area (Å²) in [5.41, 5.74) is 5.88. The lowest BCUT2D eigenvalue weighted by molar-refractivity contribution is 0.0978. The first-order chi connectivity index (χ1) is 8.51. The summed E-state index contributed by atoms with van der Waals surface area (Å²) in [5.74, 6) is 2.51. The molecule has 0 saturated heterocycles. The van der Waals surface area contributed by atoms with E-state index in [0.717, 1.165) is 19.4 Å². The number of hydrogen-bond acceptors (Lipinski definition) is 2. The summed E-state index contributed by atoms with van der Waals surface area (Å²) in [5, 5.41) is 0. The van der Waals surface area contributed by atoms with Crippen LogP contribution in [0.25, 0.3) is 0 Å². The average Bonchev–Trinajstić information content (AvgIpc) is 3.03. The zero-order valence-corrected chi connectivity index (χ0v) is 11.4. The van der Waals surface area contributed by atoms with Crippen molar-refractivity contribution < 1.29 is 4.79 Å². The van der Waals surface area contributed by atoms with Crippen LogP contribution in [-0.4, -0.2) is 28.9 Å². The summed E-state index contributed by atoms with van der Waals surface area (Å²) in [6, 6.07) is -0.0966. The largest absolute Gasteiger partial charge is 0.385 e. The highest BCUT2D eigenvalue weighted by atomic mass is 16.2. The lowest BCUT2D eigenvalue weighted by Crippen LogP contribution is -2.58. The molecule has 2 unspecified atom stereocenters. The van der Waals surface area contributed by atoms with Gasteiger partial charge in [0.2, 0.25) is 0 Å². The Kier molecular flexibility index (Phi) is 2.65. The molecule has 2 N–H and O–H groups in total. The molecule has 3 rings (SSSR count). The Bertz CT molecular complexity index is 390. The second kappa shape index (κ2) is 3.97. The van der Waals surface area contributed by atoms with Crippen LogP contribution in [0.2, 0.25) is 0 Å². The van der Waals surface area contributed by atoms with Crippen LogP contribution in [0.5, 0.6) is 0 Å². The molecule has 1 spiro atoms. The predicted octanol–water partition coefficient (Wildman–Crippen LogP) is 2.38. The Morgan fingerprint density at radius 3 is 2.50 bits per heavy atom. The smallest absolute Gasteiger partial charge is 0.346 e. The number of carbonyl (C=O) groups is 1. The zero-order valence-electron chi connectivity index (χ0n) is 11.4. The van der Waals surface area contributed by atoms with E-state index in [0.29, 0.717) is 23.6 Å². The molecule has 4 heteroatoms. The van der Waals surface area contributed by atoms with Gasteiger partial charge < -0.3 is 10.6 Å². The van der Waals surface area contributed by atoms with Crippen molar-refractivity contribution in [3.05, 3.63) is 0 Å². The van der Waals surface area contributed by atoms with Gasteiger partial charge in [0.05, 0.1) is 0 Å². The van der Waals surface area contributed by atoms with E-state index in [2.05, 4.69) is 18.8 Å². The Balaban J connectivity index is 1.89. The van der Waals surface area contributed by atoms with Gasteiger partial charge in [0, 0.05) is 6.54 Å². The molecule has 3 aliphatic rings. The molecule has 0 aromatic carbocycles. The number of urea groups is 1. The highest BCUT2D eigenvalue weighted by molar-refractivity contribution is 6.05. The van der Waals surface area contributed by atoms with Gasteiger partial charge in [-0.1, -0.05) is 13.8 Å². The summed E-state index contributed by atoms with van der Waals surface area (Å²) < 4.78 is 0. The van der Waals surface area contributed by atoms with Gasteiger partial charge in [-0.15, -0.1) is 0 Å². The third-order valence-electron chi connectivity index (χ3n) is 4.76. The summed E-state index contributed by atoms with van der Waals surface area (Å²) >= 11 is 0. The van der Waals surface area contributed by atoms with Crippen LogP contribution < -0.4 is 5.73 Å². The highest BCUT2D eigenvalue weighted by Gasteiger charge is 2.52. The topological polar surface area (TPSA) is 58.7 Å². The number of rotatable bonds is 2. The molecule has 0 bridgehead atoms. The van der Waals surface area contributed by atoms with E-state index in [1.54, 1.807) is 0 Å². The molecule has 4 nitrogen and oxygen atoms in total. The lowest BCUT2D eigenvalue weighted by atomic mass is 9.70. The van der Waals surface area contributed by atoms with Crippen molar-refractivity contribution in [1.29, 1.82) is 0 Å². The van der Waals surface area contributed by atoms with Crippen molar-refractivity contribution >= 4 is 11.9 Å². The van der Waals surface area contributed by atoms with Gasteiger partial charge in [-0.2, -0.15) is 4.99 Å². The van der Waals surface area contributed by atoms with Crippen LogP contribution in [-0.2, 0) is 0 Å². The van der Waals surface area contributed by atoms with E-state index in [4.69, 9.17) is 5.73 Å². The average molecular weight is 249 g/mol. The monoisotopic (exact) mass is 249 g/mol. The molecular weight excluding hydrogens is 226 g/mol. The predicted molar refractivity (Wildman–Crippen MR) is 71.4 cm³/mol. The number of amides is 2. The summed E-state index contributed by atoms with van der Waals surface area (Å²) in [7, 11) is 0. The van der Waals surface area contributed by atoms with Crippen molar-refractivity contribution in [2.45, 2.75) is 51.5 Å². The second-order valence-corrected chi connectivity index (χ2v) is 6.72. The summed E-state index contributed by atoms with van der Waals surface area (Å²) in [4.78, 5) is 18.2. The van der Waals surface area contributed by atoms with Gasteiger partial charge in [0.1, 0.15) is 11.4 Å². The molecule has 18 heavy (non-hydrogen) atoms. The quantitative estimate of drug-likeness (QED) is 0.817. The standard InChI is InChI=1S/C14H23N3O/c1-9-5-10(2)7-14(6-9)12(15)16-13(18)17(14)8-11-3-4-11/h9-11H,3-8H2,1-2H3,(H2,15,16,18). The number of hydrogen-bond donors (Lipinski definition) is 1. The van der Waals surface area contributed by atoms with Crippen molar-refractivity contribution in [3.63, 3.8) is 0 Å². The Morgan fingerprint density at radius 2 is 1.94 bits per heavy atom. The number of aliphatic imine (C=N–C) groups is 1. The molecule has 2 saturated carbocycles. The summed E-state index contributed by atoms with van der Waals surface area (Å²) in [6.07, 6.45) is 5.73. The fourth-order valence-corrected chi connectivity index (χ4v) is 3.92. The fraction of sp³-hybridized carbons (Fsp3) is 0.857. The Hall–Kier alpha value is -1.06. The van der Waals surface area contributed by atoms with Gasteiger partial charge in [-0.25, -0.2) is 4.79 Å². The summed E-state index contributed by atoms with van der Waals surface area (Å²) in [6.45, 7) is 5.40. The molecular formula is C14H23N3O. The maximum absolute atomic E-state index is 12.1. The van der Waals surface area contributed by atoms with E-state index >= 15 is 0 Å². The third kappa shape index (κ3) is 1.82. The van der Waals surface area contributed by atoms with Gasteiger partial charge in [0.25, 0.3) is 0 Å². The van der Waals surface area contributed by atoms with Crippen molar-refractivity contribution in [2.24, 2.45) is 28.5 Å². The van der Waals surface area contributed by atoms with E-state index in [-0.39, 0.29) is 11.6 Å². The van der Waals surface area contributed by atoms with E-state index in [1.165, 1.54) is 19.3 Å². The maximum atomic E-state index is 12.1. The third-order valence-corrected chi connectivity index (χ3v) is 4.76. The second-order valence-electron chi connectivity index (χ2n) is 6.72. The van der Waals surface area contributed by atoms with Crippen LogP contribution in [0, 0.1) is 17.8 Å². The Morgan fingerprint density at radius 1 is 1.33 bits per heavy atom. The van der Waals surface area contributed by atoms with Crippen LogP contribution in [0.15, 0.2) is 4.99 Å². The van der Waals surface area contributed by atoms with Crippen molar-refractivity contribution in [1.82, 2.24) is 4.90 Å². The first kappa shape index (κ1) is 12.0. The zero-order chi connectivity index (χ0) is 12.9. The minimum atomic E-state index is -0.253. The van der Waals surface area contributed by atoms with Gasteiger partial charge in [-0.05, 0) is 49.9 Å².